The molecule has 3 rings (SSSR count). The second-order valence-electron chi connectivity index (χ2n) is 5.70. The Bertz CT molecular complexity index is 826. The number of benzene rings is 2. The summed E-state index contributed by atoms with van der Waals surface area (Å²) >= 11 is 0. The Hall–Kier alpha value is -3.08. The van der Waals surface area contributed by atoms with Gasteiger partial charge < -0.3 is 15.1 Å². The molecule has 0 bridgehead atoms. The molecule has 2 N–H and O–H groups in total. The molecule has 2 aromatic rings. The number of amides is 1. The molecule has 0 saturated carbocycles. The molecule has 0 saturated heterocycles. The molecule has 24 heavy (non-hydrogen) atoms. The summed E-state index contributed by atoms with van der Waals surface area (Å²) in [5.74, 6) is -1.59. The van der Waals surface area contributed by atoms with Crippen molar-refractivity contribution in [2.45, 2.75) is 19.5 Å². The molecular weight excluding hydrogens is 306 g/mol. The highest BCUT2D eigenvalue weighted by molar-refractivity contribution is 6.08. The lowest BCUT2D eigenvalue weighted by atomic mass is 9.95. The van der Waals surface area contributed by atoms with E-state index in [4.69, 9.17) is 0 Å². The summed E-state index contributed by atoms with van der Waals surface area (Å²) in [4.78, 5) is 25.9. The molecule has 1 aliphatic heterocycles. The smallest absolute Gasteiger partial charge is 0.290 e. The van der Waals surface area contributed by atoms with Gasteiger partial charge in [-0.25, -0.2) is 0 Å². The minimum atomic E-state index is -0.809. The van der Waals surface area contributed by atoms with Gasteiger partial charge in [0.05, 0.1) is 11.6 Å². The lowest BCUT2D eigenvalue weighted by molar-refractivity contribution is -0.130. The molecule has 1 amide bonds. The Morgan fingerprint density at radius 2 is 1.67 bits per heavy atom. The lowest BCUT2D eigenvalue weighted by Crippen LogP contribution is -2.30. The van der Waals surface area contributed by atoms with Gasteiger partial charge in [-0.15, -0.1) is 0 Å². The quantitative estimate of drug-likeness (QED) is 0.907. The number of hydrogen-bond donors (Lipinski definition) is 2. The SMILES string of the molecule is CC(=O)C1=C(O)C(=O)N(Cc2ccccc2)C1c1ccccc1O. The largest absolute Gasteiger partial charge is 0.508 e. The van der Waals surface area contributed by atoms with E-state index in [1.807, 2.05) is 30.3 Å². The summed E-state index contributed by atoms with van der Waals surface area (Å²) in [7, 11) is 0. The highest BCUT2D eigenvalue weighted by atomic mass is 16.3. The number of phenolic OH excluding ortho intramolecular Hbond substituents is 1. The molecule has 0 aromatic heterocycles. The third-order valence-electron chi connectivity index (χ3n) is 4.11. The Morgan fingerprint density at radius 3 is 2.29 bits per heavy atom. The fourth-order valence-electron chi connectivity index (χ4n) is 3.00. The number of para-hydroxylation sites is 1. The topological polar surface area (TPSA) is 77.8 Å². The van der Waals surface area contributed by atoms with Crippen molar-refractivity contribution in [1.82, 2.24) is 4.90 Å². The summed E-state index contributed by atoms with van der Waals surface area (Å²) in [6, 6.07) is 15.0. The molecule has 122 valence electrons. The van der Waals surface area contributed by atoms with Gasteiger partial charge in [-0.3, -0.25) is 9.59 Å². The van der Waals surface area contributed by atoms with Crippen molar-refractivity contribution >= 4 is 11.7 Å². The summed E-state index contributed by atoms with van der Waals surface area (Å²) in [6.45, 7) is 1.53. The van der Waals surface area contributed by atoms with Crippen molar-refractivity contribution < 1.29 is 19.8 Å². The molecular formula is C19H17NO4. The van der Waals surface area contributed by atoms with E-state index in [9.17, 15) is 19.8 Å². The zero-order valence-electron chi connectivity index (χ0n) is 13.1. The Balaban J connectivity index is 2.09. The number of aliphatic hydroxyl groups excluding tert-OH is 1. The highest BCUT2D eigenvalue weighted by Gasteiger charge is 2.43. The zero-order valence-corrected chi connectivity index (χ0v) is 13.1. The number of aliphatic hydroxyl groups is 1. The van der Waals surface area contributed by atoms with E-state index in [0.717, 1.165) is 5.56 Å². The average Bonchev–Trinajstić information content (AvgIpc) is 2.81. The predicted molar refractivity (Wildman–Crippen MR) is 88.2 cm³/mol. The maximum absolute atomic E-state index is 12.5. The fraction of sp³-hybridized carbons (Fsp3) is 0.158. The molecule has 0 aliphatic carbocycles. The van der Waals surface area contributed by atoms with Gasteiger partial charge in [0.2, 0.25) is 0 Å². The van der Waals surface area contributed by atoms with Crippen molar-refractivity contribution in [3.05, 3.63) is 77.1 Å². The van der Waals surface area contributed by atoms with Crippen LogP contribution in [0.1, 0.15) is 24.1 Å². The molecule has 1 aliphatic rings. The number of ketones is 1. The van der Waals surface area contributed by atoms with E-state index >= 15 is 0 Å². The first-order valence-electron chi connectivity index (χ1n) is 7.57. The number of carbonyl (C=O) groups excluding carboxylic acids is 2. The Labute approximate surface area is 139 Å². The van der Waals surface area contributed by atoms with Crippen LogP contribution in [0.3, 0.4) is 0 Å². The van der Waals surface area contributed by atoms with Crippen LogP contribution in [0.4, 0.5) is 0 Å². The van der Waals surface area contributed by atoms with Crippen molar-refractivity contribution in [3.63, 3.8) is 0 Å². The first-order valence-corrected chi connectivity index (χ1v) is 7.57. The molecule has 5 nitrogen and oxygen atoms in total. The van der Waals surface area contributed by atoms with Crippen LogP contribution in [0.25, 0.3) is 0 Å². The van der Waals surface area contributed by atoms with Crippen LogP contribution >= 0.6 is 0 Å². The number of aromatic hydroxyl groups is 1. The van der Waals surface area contributed by atoms with Crippen LogP contribution < -0.4 is 0 Å². The molecule has 1 atom stereocenters. The first kappa shape index (κ1) is 15.8. The highest BCUT2D eigenvalue weighted by Crippen LogP contribution is 2.41. The molecule has 0 radical (unpaired) electrons. The van der Waals surface area contributed by atoms with E-state index in [2.05, 4.69) is 0 Å². The van der Waals surface area contributed by atoms with Gasteiger partial charge in [-0.1, -0.05) is 48.5 Å². The second kappa shape index (κ2) is 6.20. The summed E-state index contributed by atoms with van der Waals surface area (Å²) in [6.07, 6.45) is 0. The molecule has 1 unspecified atom stereocenters. The van der Waals surface area contributed by atoms with Crippen LogP contribution in [-0.2, 0) is 16.1 Å². The van der Waals surface area contributed by atoms with Crippen molar-refractivity contribution in [1.29, 1.82) is 0 Å². The standard InChI is InChI=1S/C19H17NO4/c1-12(21)16-17(14-9-5-6-10-15(14)22)20(19(24)18(16)23)11-13-7-3-2-4-8-13/h2-10,17,22-23H,11H2,1H3. The number of Topliss-reactive ketones (excluding diaryl/α,β-unsaturated/α-hetero) is 1. The third kappa shape index (κ3) is 2.65. The van der Waals surface area contributed by atoms with E-state index in [1.54, 1.807) is 18.2 Å². The van der Waals surface area contributed by atoms with E-state index in [-0.39, 0.29) is 17.9 Å². The minimum Gasteiger partial charge on any atom is -0.508 e. The number of phenols is 1. The first-order chi connectivity index (χ1) is 11.5. The van der Waals surface area contributed by atoms with Gasteiger partial charge in [0.25, 0.3) is 5.91 Å². The fourth-order valence-corrected chi connectivity index (χ4v) is 3.00. The average molecular weight is 323 g/mol. The lowest BCUT2D eigenvalue weighted by Gasteiger charge is -2.27. The Morgan fingerprint density at radius 1 is 1.04 bits per heavy atom. The van der Waals surface area contributed by atoms with E-state index < -0.39 is 23.5 Å². The van der Waals surface area contributed by atoms with Gasteiger partial charge in [-0.2, -0.15) is 0 Å². The van der Waals surface area contributed by atoms with Crippen LogP contribution in [0, 0.1) is 0 Å². The van der Waals surface area contributed by atoms with Crippen LogP contribution in [-0.4, -0.2) is 26.8 Å². The number of rotatable bonds is 4. The normalized spacial score (nSPS) is 17.5. The predicted octanol–water partition coefficient (Wildman–Crippen LogP) is 2.88. The van der Waals surface area contributed by atoms with Crippen LogP contribution in [0.15, 0.2) is 65.9 Å². The van der Waals surface area contributed by atoms with Gasteiger partial charge in [0.1, 0.15) is 5.75 Å². The molecule has 0 fully saturated rings. The molecule has 1 heterocycles. The second-order valence-corrected chi connectivity index (χ2v) is 5.70. The number of carbonyl (C=O) groups is 2. The van der Waals surface area contributed by atoms with Gasteiger partial charge in [0, 0.05) is 12.1 Å². The minimum absolute atomic E-state index is 0.0115. The monoisotopic (exact) mass is 323 g/mol. The van der Waals surface area contributed by atoms with Crippen LogP contribution in [0.5, 0.6) is 5.75 Å². The number of hydrogen-bond acceptors (Lipinski definition) is 4. The van der Waals surface area contributed by atoms with E-state index in [1.165, 1.54) is 17.9 Å². The maximum Gasteiger partial charge on any atom is 0.290 e. The van der Waals surface area contributed by atoms with Crippen molar-refractivity contribution in [2.75, 3.05) is 0 Å². The third-order valence-corrected chi connectivity index (χ3v) is 4.11. The van der Waals surface area contributed by atoms with E-state index in [0.29, 0.717) is 5.56 Å². The number of nitrogens with zero attached hydrogens (tertiary/aromatic N) is 1. The zero-order chi connectivity index (χ0) is 17.3. The van der Waals surface area contributed by atoms with Crippen LogP contribution in [0.2, 0.25) is 0 Å². The summed E-state index contributed by atoms with van der Waals surface area (Å²) in [5, 5.41) is 20.4. The Kier molecular flexibility index (Phi) is 4.08. The van der Waals surface area contributed by atoms with Gasteiger partial charge >= 0.3 is 0 Å². The van der Waals surface area contributed by atoms with Gasteiger partial charge in [-0.05, 0) is 18.6 Å². The molecule has 0 spiro atoms. The maximum atomic E-state index is 12.5. The summed E-state index contributed by atoms with van der Waals surface area (Å²) in [5.41, 5.74) is 1.29. The summed E-state index contributed by atoms with van der Waals surface area (Å²) < 4.78 is 0. The molecule has 2 aromatic carbocycles. The van der Waals surface area contributed by atoms with Gasteiger partial charge in [0.15, 0.2) is 11.5 Å². The van der Waals surface area contributed by atoms with Crippen molar-refractivity contribution in [2.24, 2.45) is 0 Å². The van der Waals surface area contributed by atoms with Crippen molar-refractivity contribution in [3.8, 4) is 5.75 Å². The molecule has 5 heteroatoms.